The van der Waals surface area contributed by atoms with Crippen LogP contribution in [-0.2, 0) is 20.3 Å². The molecule has 6 aromatic carbocycles. The smallest absolute Gasteiger partial charge is 1.00 e. The van der Waals surface area contributed by atoms with E-state index in [9.17, 15) is 0 Å². The van der Waals surface area contributed by atoms with Gasteiger partial charge in [-0.2, -0.15) is 0 Å². The second kappa shape index (κ2) is 19.4. The first-order valence-electron chi connectivity index (χ1n) is 16.8. The van der Waals surface area contributed by atoms with Crippen LogP contribution in [0.2, 0.25) is 39.3 Å². The Bertz CT molecular complexity index is 1750. The normalized spacial score (nSPS) is 11.5. The van der Waals surface area contributed by atoms with Crippen LogP contribution in [-0.4, -0.2) is 16.1 Å². The van der Waals surface area contributed by atoms with E-state index >= 15 is 0 Å². The van der Waals surface area contributed by atoms with Gasteiger partial charge in [-0.15, -0.1) is 0 Å². The molecule has 0 bridgehead atoms. The molecule has 51 heavy (non-hydrogen) atoms. The quantitative estimate of drug-likeness (QED) is 0.137. The molecule has 6 aromatic rings. The van der Waals surface area contributed by atoms with Gasteiger partial charge < -0.3 is 24.8 Å². The van der Waals surface area contributed by atoms with E-state index in [2.05, 4.69) is 214 Å². The Balaban J connectivity index is 0.00000292. The summed E-state index contributed by atoms with van der Waals surface area (Å²) in [6.45, 7) is 15.1. The van der Waals surface area contributed by atoms with Crippen molar-refractivity contribution in [2.24, 2.45) is 0 Å². The molecule has 0 aliphatic rings. The molecule has 0 nitrogen and oxygen atoms in total. The predicted octanol–water partition coefficient (Wildman–Crippen LogP) is 3.10. The van der Waals surface area contributed by atoms with Gasteiger partial charge in [0.1, 0.15) is 0 Å². The Kier molecular flexibility index (Phi) is 16.2. The minimum atomic E-state index is -1.63. The van der Waals surface area contributed by atoms with E-state index in [4.69, 9.17) is 0 Å². The van der Waals surface area contributed by atoms with Crippen LogP contribution >= 0.6 is 32.9 Å². The summed E-state index contributed by atoms with van der Waals surface area (Å²) >= 11 is -1.04. The Hall–Kier alpha value is -1.22. The van der Waals surface area contributed by atoms with Crippen molar-refractivity contribution in [3.05, 3.63) is 158 Å². The SMILES string of the molecule is C[Si](C)(C)c1cccc(P(c2ccccc2)c2ccccc2)c1[S][Zr+2][S]c1c(P(c2ccccc2)c2ccccc2)cccc1[Si](C)(C)C.[Cl-].[Cl-]. The molecule has 260 valence electrons. The second-order valence-electron chi connectivity index (χ2n) is 14.1. The van der Waals surface area contributed by atoms with Gasteiger partial charge in [-0.1, -0.05) is 0 Å². The van der Waals surface area contributed by atoms with E-state index in [1.807, 2.05) is 0 Å². The molecule has 0 saturated heterocycles. The fraction of sp³-hybridized carbons (Fsp3) is 0.143. The zero-order valence-electron chi connectivity index (χ0n) is 30.0. The van der Waals surface area contributed by atoms with Crippen LogP contribution in [0.25, 0.3) is 0 Å². The third kappa shape index (κ3) is 10.5. The fourth-order valence-corrected chi connectivity index (χ4v) is 28.9. The minimum Gasteiger partial charge on any atom is -1.00 e. The molecular weight excluding hydrogens is 849 g/mol. The summed E-state index contributed by atoms with van der Waals surface area (Å²) in [5.74, 6) is 0. The van der Waals surface area contributed by atoms with Crippen LogP contribution in [0.1, 0.15) is 0 Å². The van der Waals surface area contributed by atoms with Gasteiger partial charge in [-0.05, 0) is 0 Å². The molecule has 0 atom stereocenters. The van der Waals surface area contributed by atoms with Crippen LogP contribution in [0.3, 0.4) is 0 Å². The van der Waals surface area contributed by atoms with Crippen LogP contribution in [0.5, 0.6) is 0 Å². The summed E-state index contributed by atoms with van der Waals surface area (Å²) in [4.78, 5) is 3.17. The van der Waals surface area contributed by atoms with E-state index in [0.29, 0.717) is 0 Å². The van der Waals surface area contributed by atoms with E-state index in [-0.39, 0.29) is 24.8 Å². The summed E-state index contributed by atoms with van der Waals surface area (Å²) in [6.07, 6.45) is 0. The third-order valence-corrected chi connectivity index (χ3v) is 26.8. The Morgan fingerprint density at radius 2 is 0.647 bits per heavy atom. The van der Waals surface area contributed by atoms with Crippen molar-refractivity contribution in [2.45, 2.75) is 49.1 Å². The fourth-order valence-electron chi connectivity index (χ4n) is 6.06. The van der Waals surface area contributed by atoms with Crippen LogP contribution in [0.4, 0.5) is 0 Å². The molecule has 0 amide bonds. The minimum absolute atomic E-state index is 0. The summed E-state index contributed by atoms with van der Waals surface area (Å²) < 4.78 is 0. The van der Waals surface area contributed by atoms with Crippen molar-refractivity contribution in [3.8, 4) is 0 Å². The van der Waals surface area contributed by atoms with Gasteiger partial charge in [-0.3, -0.25) is 0 Å². The Labute approximate surface area is 339 Å². The molecule has 0 spiro atoms. The van der Waals surface area contributed by atoms with Gasteiger partial charge in [0.05, 0.1) is 0 Å². The molecule has 0 heterocycles. The molecular formula is C42H44Cl2P2S2Si2Zr. The van der Waals surface area contributed by atoms with Crippen LogP contribution < -0.4 is 67.0 Å². The number of benzene rings is 6. The maximum Gasteiger partial charge on any atom is -1.00 e. The average Bonchev–Trinajstić information content (AvgIpc) is 3.10. The maximum atomic E-state index is 2.52. The van der Waals surface area contributed by atoms with Crippen LogP contribution in [0.15, 0.2) is 168 Å². The van der Waals surface area contributed by atoms with Gasteiger partial charge in [-0.25, -0.2) is 0 Å². The van der Waals surface area contributed by atoms with Crippen molar-refractivity contribution < 1.29 is 45.1 Å². The molecule has 0 N–H and O–H groups in total. The monoisotopic (exact) mass is 890 g/mol. The van der Waals surface area contributed by atoms with E-state index in [1.54, 1.807) is 20.2 Å². The predicted molar refractivity (Wildman–Crippen MR) is 228 cm³/mol. The standard InChI is InChI=1S/2C21H23PSSi.2ClH.Zr/c2*1-24(2,3)20-16-10-15-19(21(20)23)22(17-11-6-4-7-12-17)18-13-8-5-9-14-18;;;/h2*4-16,23H,1-3H3;2*1H;/q;;;;+4/p-4. The molecule has 0 radical (unpaired) electrons. The van der Waals surface area contributed by atoms with Gasteiger partial charge in [0, 0.05) is 0 Å². The molecule has 9 heteroatoms. The Morgan fingerprint density at radius 3 is 0.902 bits per heavy atom. The van der Waals surface area contributed by atoms with Crippen molar-refractivity contribution >= 4 is 91.2 Å². The van der Waals surface area contributed by atoms with Gasteiger partial charge in [0.15, 0.2) is 0 Å². The van der Waals surface area contributed by atoms with Gasteiger partial charge >= 0.3 is 318 Å². The summed E-state index contributed by atoms with van der Waals surface area (Å²) in [5.41, 5.74) is 0. The molecule has 0 aromatic heterocycles. The summed E-state index contributed by atoms with van der Waals surface area (Å²) in [6, 6.07) is 59.5. The van der Waals surface area contributed by atoms with Gasteiger partial charge in [0.25, 0.3) is 0 Å². The van der Waals surface area contributed by atoms with Crippen LogP contribution in [0, 0.1) is 0 Å². The van der Waals surface area contributed by atoms with Gasteiger partial charge in [0.2, 0.25) is 0 Å². The van der Waals surface area contributed by atoms with E-state index < -0.39 is 52.3 Å². The first-order chi connectivity index (χ1) is 23.6. The third-order valence-electron chi connectivity index (χ3n) is 8.43. The van der Waals surface area contributed by atoms with E-state index in [1.165, 1.54) is 31.8 Å². The molecule has 0 aliphatic carbocycles. The largest absolute Gasteiger partial charge is 1.00 e. The molecule has 0 fully saturated rings. The summed E-state index contributed by atoms with van der Waals surface area (Å²) in [7, 11) is -0.0982. The van der Waals surface area contributed by atoms with Crippen molar-refractivity contribution in [3.63, 3.8) is 0 Å². The Morgan fingerprint density at radius 1 is 0.373 bits per heavy atom. The molecule has 0 unspecified atom stereocenters. The maximum absolute atomic E-state index is 2.52. The van der Waals surface area contributed by atoms with Crippen molar-refractivity contribution in [1.82, 2.24) is 0 Å². The average molecular weight is 893 g/mol. The number of hydrogen-bond acceptors (Lipinski definition) is 2. The van der Waals surface area contributed by atoms with E-state index in [0.717, 1.165) is 0 Å². The molecule has 0 saturated carbocycles. The molecule has 0 aliphatic heterocycles. The number of hydrogen-bond donors (Lipinski definition) is 0. The molecule has 6 rings (SSSR count). The topological polar surface area (TPSA) is 0 Å². The first-order valence-corrected chi connectivity index (χ1v) is 34.1. The first kappa shape index (κ1) is 42.5. The second-order valence-corrected chi connectivity index (χ2v) is 37.1. The van der Waals surface area contributed by atoms with Crippen molar-refractivity contribution in [1.29, 1.82) is 0 Å². The zero-order valence-corrected chi connectivity index (χ0v) is 39.4. The number of halogens is 2. The van der Waals surface area contributed by atoms with Crippen molar-refractivity contribution in [2.75, 3.05) is 0 Å². The zero-order chi connectivity index (χ0) is 34.4. The number of rotatable bonds is 12. The summed E-state index contributed by atoms with van der Waals surface area (Å²) in [5, 5.41) is 12.0.